The molecule has 0 aliphatic heterocycles. The van der Waals surface area contributed by atoms with Gasteiger partial charge < -0.3 is 5.32 Å². The SMILES string of the molecule is CC(=O)c1cccc(-c2cnc(NC(C)(C)c3ccccc3S(C)(=O)=O)nc2)c1. The van der Waals surface area contributed by atoms with Crippen molar-refractivity contribution >= 4 is 21.6 Å². The second-order valence-corrected chi connectivity index (χ2v) is 9.43. The highest BCUT2D eigenvalue weighted by molar-refractivity contribution is 7.90. The second-order valence-electron chi connectivity index (χ2n) is 7.45. The fourth-order valence-corrected chi connectivity index (χ4v) is 4.16. The van der Waals surface area contributed by atoms with Crippen molar-refractivity contribution in [3.8, 4) is 11.1 Å². The molecule has 0 aliphatic carbocycles. The molecule has 0 unspecified atom stereocenters. The van der Waals surface area contributed by atoms with Crippen molar-refractivity contribution in [2.75, 3.05) is 11.6 Å². The van der Waals surface area contributed by atoms with Gasteiger partial charge in [-0.05, 0) is 44.0 Å². The Hall–Kier alpha value is -3.06. The number of aromatic nitrogens is 2. The van der Waals surface area contributed by atoms with E-state index in [0.29, 0.717) is 17.1 Å². The average Bonchev–Trinajstić information content (AvgIpc) is 2.68. The number of hydrogen-bond acceptors (Lipinski definition) is 6. The minimum absolute atomic E-state index is 0.00246. The molecule has 0 radical (unpaired) electrons. The Morgan fingerprint density at radius 1 is 0.966 bits per heavy atom. The van der Waals surface area contributed by atoms with E-state index in [0.717, 1.165) is 11.1 Å². The lowest BCUT2D eigenvalue weighted by Crippen LogP contribution is -2.30. The number of sulfone groups is 1. The van der Waals surface area contributed by atoms with Crippen LogP contribution in [0.3, 0.4) is 0 Å². The minimum Gasteiger partial charge on any atom is -0.345 e. The van der Waals surface area contributed by atoms with Crippen LogP contribution in [0.2, 0.25) is 0 Å². The first kappa shape index (κ1) is 20.7. The van der Waals surface area contributed by atoms with E-state index in [-0.39, 0.29) is 10.7 Å². The van der Waals surface area contributed by atoms with Gasteiger partial charge in [-0.15, -0.1) is 0 Å². The molecule has 1 heterocycles. The standard InChI is InChI=1S/C22H23N3O3S/c1-15(26)16-8-7-9-17(12-16)18-13-23-21(24-14-18)25-22(2,3)19-10-5-6-11-20(19)29(4,27)28/h5-14H,1-4H3,(H,23,24,25). The van der Waals surface area contributed by atoms with Crippen molar-refractivity contribution in [2.45, 2.75) is 31.2 Å². The van der Waals surface area contributed by atoms with Crippen LogP contribution in [0.4, 0.5) is 5.95 Å². The van der Waals surface area contributed by atoms with Crippen LogP contribution in [0.25, 0.3) is 11.1 Å². The lowest BCUT2D eigenvalue weighted by atomic mass is 9.94. The van der Waals surface area contributed by atoms with Crippen molar-refractivity contribution in [2.24, 2.45) is 0 Å². The molecule has 0 amide bonds. The second kappa shape index (κ2) is 7.75. The third-order valence-corrected chi connectivity index (χ3v) is 5.79. The lowest BCUT2D eigenvalue weighted by Gasteiger charge is -2.28. The Bertz CT molecular complexity index is 1150. The Balaban J connectivity index is 1.88. The summed E-state index contributed by atoms with van der Waals surface area (Å²) in [5, 5.41) is 3.21. The molecule has 0 saturated heterocycles. The molecule has 29 heavy (non-hydrogen) atoms. The first-order chi connectivity index (χ1) is 13.6. The highest BCUT2D eigenvalue weighted by Gasteiger charge is 2.27. The molecule has 0 fully saturated rings. The number of carbonyl (C=O) groups is 1. The van der Waals surface area contributed by atoms with Crippen LogP contribution in [0.5, 0.6) is 0 Å². The molecule has 3 rings (SSSR count). The van der Waals surface area contributed by atoms with E-state index in [4.69, 9.17) is 0 Å². The number of Topliss-reactive ketones (excluding diaryl/α,β-unsaturated/α-hetero) is 1. The number of anilines is 1. The Morgan fingerprint density at radius 3 is 2.24 bits per heavy atom. The molecule has 2 aromatic carbocycles. The maximum atomic E-state index is 12.1. The van der Waals surface area contributed by atoms with Gasteiger partial charge in [0.15, 0.2) is 15.6 Å². The van der Waals surface area contributed by atoms with Gasteiger partial charge in [0.2, 0.25) is 5.95 Å². The summed E-state index contributed by atoms with van der Waals surface area (Å²) in [6.45, 7) is 5.29. The maximum absolute atomic E-state index is 12.1. The van der Waals surface area contributed by atoms with Gasteiger partial charge in [-0.25, -0.2) is 18.4 Å². The molecule has 0 atom stereocenters. The molecule has 0 saturated carbocycles. The molecule has 0 spiro atoms. The van der Waals surface area contributed by atoms with Crippen molar-refractivity contribution < 1.29 is 13.2 Å². The van der Waals surface area contributed by atoms with Crippen molar-refractivity contribution in [3.05, 3.63) is 72.1 Å². The van der Waals surface area contributed by atoms with Gasteiger partial charge in [-0.1, -0.05) is 36.4 Å². The Labute approximate surface area is 171 Å². The van der Waals surface area contributed by atoms with E-state index in [1.54, 1.807) is 48.8 Å². The minimum atomic E-state index is -3.37. The summed E-state index contributed by atoms with van der Waals surface area (Å²) in [7, 11) is -3.37. The summed E-state index contributed by atoms with van der Waals surface area (Å²) >= 11 is 0. The van der Waals surface area contributed by atoms with Crippen molar-refractivity contribution in [3.63, 3.8) is 0 Å². The zero-order chi connectivity index (χ0) is 21.2. The number of nitrogens with zero attached hydrogens (tertiary/aromatic N) is 2. The average molecular weight is 410 g/mol. The topological polar surface area (TPSA) is 89.0 Å². The molecule has 0 aliphatic rings. The number of ketones is 1. The van der Waals surface area contributed by atoms with E-state index < -0.39 is 15.4 Å². The molecule has 0 bridgehead atoms. The molecule has 3 aromatic rings. The van der Waals surface area contributed by atoms with E-state index in [2.05, 4.69) is 15.3 Å². The largest absolute Gasteiger partial charge is 0.345 e. The zero-order valence-electron chi connectivity index (χ0n) is 16.8. The van der Waals surface area contributed by atoms with E-state index in [1.165, 1.54) is 13.2 Å². The quantitative estimate of drug-likeness (QED) is 0.617. The molecule has 1 aromatic heterocycles. The van der Waals surface area contributed by atoms with Gasteiger partial charge in [0.1, 0.15) is 0 Å². The van der Waals surface area contributed by atoms with Crippen LogP contribution in [0.15, 0.2) is 65.8 Å². The van der Waals surface area contributed by atoms with Gasteiger partial charge >= 0.3 is 0 Å². The number of carbonyl (C=O) groups excluding carboxylic acids is 1. The Kier molecular flexibility index (Phi) is 5.53. The summed E-state index contributed by atoms with van der Waals surface area (Å²) in [5.74, 6) is 0.377. The molecular formula is C22H23N3O3S. The summed E-state index contributed by atoms with van der Waals surface area (Å²) < 4.78 is 24.3. The Morgan fingerprint density at radius 2 is 1.62 bits per heavy atom. The summed E-state index contributed by atoms with van der Waals surface area (Å²) in [4.78, 5) is 20.6. The molecule has 6 nitrogen and oxygen atoms in total. The first-order valence-electron chi connectivity index (χ1n) is 9.09. The molecular weight excluding hydrogens is 386 g/mol. The highest BCUT2D eigenvalue weighted by atomic mass is 32.2. The fourth-order valence-electron chi connectivity index (χ4n) is 3.11. The fraction of sp³-hybridized carbons (Fsp3) is 0.227. The summed E-state index contributed by atoms with van der Waals surface area (Å²) in [6.07, 6.45) is 4.54. The zero-order valence-corrected chi connectivity index (χ0v) is 17.6. The van der Waals surface area contributed by atoms with Crippen LogP contribution >= 0.6 is 0 Å². The smallest absolute Gasteiger partial charge is 0.223 e. The predicted octanol–water partition coefficient (Wildman–Crippen LogP) is 4.10. The first-order valence-corrected chi connectivity index (χ1v) is 11.0. The third-order valence-electron chi connectivity index (χ3n) is 4.64. The van der Waals surface area contributed by atoms with E-state index >= 15 is 0 Å². The van der Waals surface area contributed by atoms with Crippen molar-refractivity contribution in [1.82, 2.24) is 9.97 Å². The normalized spacial score (nSPS) is 11.9. The van der Waals surface area contributed by atoms with Gasteiger partial charge in [-0.2, -0.15) is 0 Å². The number of nitrogens with one attached hydrogen (secondary N) is 1. The van der Waals surface area contributed by atoms with Gasteiger partial charge in [0.25, 0.3) is 0 Å². The number of hydrogen-bond donors (Lipinski definition) is 1. The van der Waals surface area contributed by atoms with Gasteiger partial charge in [0.05, 0.1) is 10.4 Å². The van der Waals surface area contributed by atoms with E-state index in [1.807, 2.05) is 26.0 Å². The summed E-state index contributed by atoms with van der Waals surface area (Å²) in [5.41, 5.74) is 2.20. The lowest BCUT2D eigenvalue weighted by molar-refractivity contribution is 0.101. The number of rotatable bonds is 6. The van der Waals surface area contributed by atoms with Crippen LogP contribution in [0.1, 0.15) is 36.7 Å². The highest BCUT2D eigenvalue weighted by Crippen LogP contribution is 2.30. The number of benzene rings is 2. The maximum Gasteiger partial charge on any atom is 0.223 e. The van der Waals surface area contributed by atoms with E-state index in [9.17, 15) is 13.2 Å². The van der Waals surface area contributed by atoms with Gasteiger partial charge in [0, 0.05) is 29.8 Å². The summed E-state index contributed by atoms with van der Waals surface area (Å²) in [6, 6.07) is 14.2. The van der Waals surface area contributed by atoms with Crippen molar-refractivity contribution in [1.29, 1.82) is 0 Å². The third kappa shape index (κ3) is 4.68. The molecule has 7 heteroatoms. The molecule has 150 valence electrons. The predicted molar refractivity (Wildman–Crippen MR) is 114 cm³/mol. The van der Waals surface area contributed by atoms with Crippen LogP contribution in [-0.2, 0) is 15.4 Å². The van der Waals surface area contributed by atoms with Crippen LogP contribution < -0.4 is 5.32 Å². The molecule has 1 N–H and O–H groups in total. The monoisotopic (exact) mass is 409 g/mol. The van der Waals surface area contributed by atoms with Gasteiger partial charge in [-0.3, -0.25) is 4.79 Å². The van der Waals surface area contributed by atoms with Crippen LogP contribution in [-0.4, -0.2) is 30.4 Å². The van der Waals surface area contributed by atoms with Crippen LogP contribution in [0, 0.1) is 0 Å².